The van der Waals surface area contributed by atoms with E-state index in [9.17, 15) is 14.0 Å². The molecule has 0 heterocycles. The second kappa shape index (κ2) is 6.13. The fourth-order valence-electron chi connectivity index (χ4n) is 1.44. The molecule has 1 aromatic rings. The minimum Gasteiger partial charge on any atom is -0.467 e. The number of hydrogen-bond donors (Lipinski definition) is 1. The van der Waals surface area contributed by atoms with Crippen LogP contribution in [0.15, 0.2) is 30.3 Å². The monoisotopic (exact) mass is 265 g/mol. The third-order valence-electron chi connectivity index (χ3n) is 2.41. The van der Waals surface area contributed by atoms with Crippen molar-refractivity contribution in [2.75, 3.05) is 7.11 Å². The lowest BCUT2D eigenvalue weighted by molar-refractivity contribution is -0.148. The Kier molecular flexibility index (Phi) is 4.80. The summed E-state index contributed by atoms with van der Waals surface area (Å²) in [6, 6.07) is 5.83. The number of carbonyl (C=O) groups is 2. The van der Waals surface area contributed by atoms with Gasteiger partial charge in [0.25, 0.3) is 0 Å². The van der Waals surface area contributed by atoms with Gasteiger partial charge in [0, 0.05) is 6.08 Å². The minimum absolute atomic E-state index is 0.377. The number of methoxy groups -OCH3 is 1. The van der Waals surface area contributed by atoms with E-state index in [1.807, 2.05) is 0 Å². The second-order valence-corrected chi connectivity index (χ2v) is 4.49. The lowest BCUT2D eigenvalue weighted by atomic mass is 10.1. The predicted octanol–water partition coefficient (Wildman–Crippen LogP) is 1.91. The van der Waals surface area contributed by atoms with E-state index < -0.39 is 17.4 Å². The molecule has 0 aliphatic heterocycles. The summed E-state index contributed by atoms with van der Waals surface area (Å²) in [5.74, 6) is -1.38. The van der Waals surface area contributed by atoms with Gasteiger partial charge in [0.2, 0.25) is 5.91 Å². The Morgan fingerprint density at radius 1 is 1.37 bits per heavy atom. The van der Waals surface area contributed by atoms with Gasteiger partial charge in [-0.15, -0.1) is 0 Å². The van der Waals surface area contributed by atoms with Gasteiger partial charge in [-0.25, -0.2) is 9.18 Å². The van der Waals surface area contributed by atoms with Crippen molar-refractivity contribution < 1.29 is 18.7 Å². The molecule has 0 unspecified atom stereocenters. The molecule has 1 aromatic carbocycles. The van der Waals surface area contributed by atoms with E-state index in [1.165, 1.54) is 45.2 Å². The van der Waals surface area contributed by atoms with E-state index >= 15 is 0 Å². The molecule has 0 atom stereocenters. The molecule has 0 fully saturated rings. The van der Waals surface area contributed by atoms with Crippen LogP contribution in [0.5, 0.6) is 0 Å². The van der Waals surface area contributed by atoms with Gasteiger partial charge in [0.1, 0.15) is 11.4 Å². The van der Waals surface area contributed by atoms with E-state index in [-0.39, 0.29) is 5.82 Å². The highest BCUT2D eigenvalue weighted by Gasteiger charge is 2.29. The van der Waals surface area contributed by atoms with E-state index in [1.54, 1.807) is 12.1 Å². The quantitative estimate of drug-likeness (QED) is 0.668. The molecule has 0 radical (unpaired) electrons. The zero-order chi connectivity index (χ0) is 14.5. The summed E-state index contributed by atoms with van der Waals surface area (Å²) in [7, 11) is 1.25. The first kappa shape index (κ1) is 14.9. The molecule has 0 spiro atoms. The van der Waals surface area contributed by atoms with Crippen LogP contribution in [0.2, 0.25) is 0 Å². The topological polar surface area (TPSA) is 55.4 Å². The third-order valence-corrected chi connectivity index (χ3v) is 2.41. The van der Waals surface area contributed by atoms with Crippen molar-refractivity contribution in [1.82, 2.24) is 5.32 Å². The van der Waals surface area contributed by atoms with Crippen molar-refractivity contribution in [3.8, 4) is 0 Å². The zero-order valence-electron chi connectivity index (χ0n) is 11.1. The molecule has 0 aromatic heterocycles. The largest absolute Gasteiger partial charge is 0.467 e. The van der Waals surface area contributed by atoms with E-state index in [4.69, 9.17) is 0 Å². The Labute approximate surface area is 111 Å². The molecule has 19 heavy (non-hydrogen) atoms. The number of ether oxygens (including phenoxy) is 1. The SMILES string of the molecule is COC(=O)C(C)(C)NC(=O)C=Cc1cccc(F)c1. The maximum atomic E-state index is 12.9. The Balaban J connectivity index is 2.68. The van der Waals surface area contributed by atoms with E-state index in [0.717, 1.165) is 0 Å². The summed E-state index contributed by atoms with van der Waals surface area (Å²) in [6.45, 7) is 3.07. The zero-order valence-corrected chi connectivity index (χ0v) is 11.1. The van der Waals surface area contributed by atoms with E-state index in [0.29, 0.717) is 5.56 Å². The fraction of sp³-hybridized carbons (Fsp3) is 0.286. The van der Waals surface area contributed by atoms with Crippen LogP contribution < -0.4 is 5.32 Å². The van der Waals surface area contributed by atoms with Gasteiger partial charge in [0.15, 0.2) is 0 Å². The van der Waals surface area contributed by atoms with Gasteiger partial charge < -0.3 is 10.1 Å². The summed E-state index contributed by atoms with van der Waals surface area (Å²) in [5.41, 5.74) is -0.552. The standard InChI is InChI=1S/C14H16FNO3/c1-14(2,13(18)19-3)16-12(17)8-7-10-5-4-6-11(15)9-10/h4-9H,1-3H3,(H,16,17). The van der Waals surface area contributed by atoms with Crippen molar-refractivity contribution in [2.45, 2.75) is 19.4 Å². The number of benzene rings is 1. The molecule has 5 heteroatoms. The Bertz CT molecular complexity index is 509. The summed E-state index contributed by atoms with van der Waals surface area (Å²) in [6.07, 6.45) is 2.70. The lowest BCUT2D eigenvalue weighted by Crippen LogP contribution is -2.49. The predicted molar refractivity (Wildman–Crippen MR) is 69.7 cm³/mol. The van der Waals surface area contributed by atoms with Gasteiger partial charge in [-0.2, -0.15) is 0 Å². The van der Waals surface area contributed by atoms with E-state index in [2.05, 4.69) is 10.1 Å². The molecule has 0 saturated carbocycles. The van der Waals surface area contributed by atoms with Crippen molar-refractivity contribution in [3.05, 3.63) is 41.7 Å². The molecule has 0 saturated heterocycles. The number of halogens is 1. The molecule has 1 rings (SSSR count). The molecule has 1 N–H and O–H groups in total. The van der Waals surface area contributed by atoms with Crippen LogP contribution in [0.3, 0.4) is 0 Å². The highest BCUT2D eigenvalue weighted by Crippen LogP contribution is 2.07. The molecule has 4 nitrogen and oxygen atoms in total. The Hall–Kier alpha value is -2.17. The van der Waals surface area contributed by atoms with Crippen molar-refractivity contribution >= 4 is 18.0 Å². The molecule has 102 valence electrons. The molecular weight excluding hydrogens is 249 g/mol. The van der Waals surface area contributed by atoms with Crippen LogP contribution >= 0.6 is 0 Å². The van der Waals surface area contributed by atoms with Crippen LogP contribution in [0, 0.1) is 5.82 Å². The molecule has 0 bridgehead atoms. The van der Waals surface area contributed by atoms with Gasteiger partial charge in [-0.1, -0.05) is 12.1 Å². The maximum absolute atomic E-state index is 12.9. The van der Waals surface area contributed by atoms with Crippen LogP contribution in [0.1, 0.15) is 19.4 Å². The summed E-state index contributed by atoms with van der Waals surface area (Å²) < 4.78 is 17.5. The first-order valence-electron chi connectivity index (χ1n) is 5.69. The van der Waals surface area contributed by atoms with Gasteiger partial charge in [-0.3, -0.25) is 4.79 Å². The fourth-order valence-corrected chi connectivity index (χ4v) is 1.44. The summed E-state index contributed by atoms with van der Waals surface area (Å²) in [4.78, 5) is 23.0. The minimum atomic E-state index is -1.11. The first-order chi connectivity index (χ1) is 8.85. The smallest absolute Gasteiger partial charge is 0.330 e. The highest BCUT2D eigenvalue weighted by atomic mass is 19.1. The molecular formula is C14H16FNO3. The number of amides is 1. The maximum Gasteiger partial charge on any atom is 0.330 e. The van der Waals surface area contributed by atoms with Gasteiger partial charge in [0.05, 0.1) is 7.11 Å². The van der Waals surface area contributed by atoms with Crippen molar-refractivity contribution in [3.63, 3.8) is 0 Å². The molecule has 0 aliphatic rings. The average Bonchev–Trinajstić information content (AvgIpc) is 2.35. The third kappa shape index (κ3) is 4.54. The number of esters is 1. The highest BCUT2D eigenvalue weighted by molar-refractivity contribution is 5.95. The van der Waals surface area contributed by atoms with Crippen molar-refractivity contribution in [2.24, 2.45) is 0 Å². The second-order valence-electron chi connectivity index (χ2n) is 4.49. The normalized spacial score (nSPS) is 11.4. The van der Waals surface area contributed by atoms with Crippen LogP contribution in [-0.4, -0.2) is 24.5 Å². The summed E-state index contributed by atoms with van der Waals surface area (Å²) in [5, 5.41) is 2.50. The van der Waals surface area contributed by atoms with Crippen LogP contribution in [0.25, 0.3) is 6.08 Å². The van der Waals surface area contributed by atoms with Crippen LogP contribution in [-0.2, 0) is 14.3 Å². The first-order valence-corrected chi connectivity index (χ1v) is 5.69. The number of carbonyl (C=O) groups excluding carboxylic acids is 2. The number of rotatable bonds is 4. The summed E-state index contributed by atoms with van der Waals surface area (Å²) >= 11 is 0. The average molecular weight is 265 g/mol. The lowest BCUT2D eigenvalue weighted by Gasteiger charge is -2.22. The van der Waals surface area contributed by atoms with Gasteiger partial charge in [-0.05, 0) is 37.6 Å². The molecule has 0 aliphatic carbocycles. The Morgan fingerprint density at radius 2 is 2.05 bits per heavy atom. The Morgan fingerprint density at radius 3 is 2.63 bits per heavy atom. The van der Waals surface area contributed by atoms with Crippen molar-refractivity contribution in [1.29, 1.82) is 0 Å². The number of nitrogens with one attached hydrogen (secondary N) is 1. The molecule has 1 amide bonds. The number of hydrogen-bond acceptors (Lipinski definition) is 3. The van der Waals surface area contributed by atoms with Gasteiger partial charge >= 0.3 is 5.97 Å². The van der Waals surface area contributed by atoms with Crippen LogP contribution in [0.4, 0.5) is 4.39 Å².